The fourth-order valence-electron chi connectivity index (χ4n) is 1.22. The lowest BCUT2D eigenvalue weighted by atomic mass is 10.1. The lowest BCUT2D eigenvalue weighted by molar-refractivity contribution is -0.119. The van der Waals surface area contributed by atoms with Crippen LogP contribution >= 0.6 is 15.9 Å². The van der Waals surface area contributed by atoms with Crippen LogP contribution in [-0.2, 0) is 4.79 Å². The molecule has 0 aromatic carbocycles. The molecule has 0 N–H and O–H groups in total. The minimum absolute atomic E-state index is 0.435. The first-order valence-corrected chi connectivity index (χ1v) is 6.30. The number of unbranched alkanes of at least 4 members (excludes halogenated alkanes) is 4. The number of alkyl halides is 1. The van der Waals surface area contributed by atoms with Gasteiger partial charge in [0.05, 0.1) is 0 Å². The van der Waals surface area contributed by atoms with Crippen molar-refractivity contribution in [2.75, 3.05) is 5.33 Å². The van der Waals surface area contributed by atoms with Crippen LogP contribution in [0.5, 0.6) is 0 Å². The summed E-state index contributed by atoms with van der Waals surface area (Å²) in [5.74, 6) is 0.435. The summed E-state index contributed by atoms with van der Waals surface area (Å²) in [5.41, 5.74) is 0. The number of hydrogen-bond donors (Lipinski definition) is 0. The standard InChI is InChI=1S/C11H20BrO/c1-2-3-4-5-8-11(13)9-6-7-10-12/h1-10H2. The zero-order chi connectivity index (χ0) is 9.94. The summed E-state index contributed by atoms with van der Waals surface area (Å²) in [4.78, 5) is 11.3. The average molecular weight is 248 g/mol. The third-order valence-corrected chi connectivity index (χ3v) is 2.61. The molecule has 1 radical (unpaired) electrons. The molecule has 0 aromatic heterocycles. The molecule has 0 aromatic rings. The van der Waals surface area contributed by atoms with Gasteiger partial charge < -0.3 is 0 Å². The molecule has 0 spiro atoms. The normalized spacial score (nSPS) is 10.3. The van der Waals surface area contributed by atoms with Crippen LogP contribution in [-0.4, -0.2) is 11.1 Å². The molecule has 0 saturated carbocycles. The topological polar surface area (TPSA) is 17.1 Å². The highest BCUT2D eigenvalue weighted by atomic mass is 79.9. The number of halogens is 1. The predicted octanol–water partition coefficient (Wildman–Crippen LogP) is 3.91. The van der Waals surface area contributed by atoms with Crippen LogP contribution in [0.3, 0.4) is 0 Å². The van der Waals surface area contributed by atoms with E-state index in [0.717, 1.165) is 56.7 Å². The van der Waals surface area contributed by atoms with Gasteiger partial charge >= 0.3 is 0 Å². The van der Waals surface area contributed by atoms with Gasteiger partial charge in [0, 0.05) is 18.2 Å². The molecule has 0 fully saturated rings. The Morgan fingerprint density at radius 1 is 1.00 bits per heavy atom. The highest BCUT2D eigenvalue weighted by Gasteiger charge is 2.00. The number of ketones is 1. The molecule has 0 rings (SSSR count). The van der Waals surface area contributed by atoms with E-state index < -0.39 is 0 Å². The van der Waals surface area contributed by atoms with E-state index in [9.17, 15) is 4.79 Å². The van der Waals surface area contributed by atoms with Gasteiger partial charge in [0.15, 0.2) is 0 Å². The summed E-state index contributed by atoms with van der Waals surface area (Å²) >= 11 is 3.35. The van der Waals surface area contributed by atoms with E-state index in [2.05, 4.69) is 22.9 Å². The van der Waals surface area contributed by atoms with Crippen molar-refractivity contribution in [3.63, 3.8) is 0 Å². The average Bonchev–Trinajstić information content (AvgIpc) is 2.13. The zero-order valence-corrected chi connectivity index (χ0v) is 9.94. The second-order valence-electron chi connectivity index (χ2n) is 3.35. The smallest absolute Gasteiger partial charge is 0.132 e. The minimum atomic E-state index is 0.435. The summed E-state index contributed by atoms with van der Waals surface area (Å²) < 4.78 is 0. The van der Waals surface area contributed by atoms with E-state index in [1.807, 2.05) is 0 Å². The van der Waals surface area contributed by atoms with Crippen molar-refractivity contribution in [2.24, 2.45) is 0 Å². The SMILES string of the molecule is [CH2]CCCCCC(=O)CCCCBr. The molecule has 77 valence electrons. The first-order valence-electron chi connectivity index (χ1n) is 5.18. The third kappa shape index (κ3) is 10.1. The summed E-state index contributed by atoms with van der Waals surface area (Å²) in [6.45, 7) is 3.77. The predicted molar refractivity (Wildman–Crippen MR) is 61.1 cm³/mol. The Kier molecular flexibility index (Phi) is 10.4. The number of Topliss-reactive ketones (excluding diaryl/α,β-unsaturated/α-hetero) is 1. The number of hydrogen-bond acceptors (Lipinski definition) is 1. The van der Waals surface area contributed by atoms with Crippen molar-refractivity contribution in [1.82, 2.24) is 0 Å². The molecule has 0 aliphatic rings. The van der Waals surface area contributed by atoms with Crippen molar-refractivity contribution in [3.8, 4) is 0 Å². The molecule has 0 bridgehead atoms. The Balaban J connectivity index is 3.11. The fraction of sp³-hybridized carbons (Fsp3) is 0.818. The molecule has 0 aliphatic carbocycles. The summed E-state index contributed by atoms with van der Waals surface area (Å²) in [7, 11) is 0. The van der Waals surface area contributed by atoms with Gasteiger partial charge in [-0.25, -0.2) is 0 Å². The number of rotatable bonds is 9. The highest BCUT2D eigenvalue weighted by molar-refractivity contribution is 9.09. The number of carbonyl (C=O) groups is 1. The minimum Gasteiger partial charge on any atom is -0.300 e. The van der Waals surface area contributed by atoms with Gasteiger partial charge in [-0.2, -0.15) is 0 Å². The third-order valence-electron chi connectivity index (χ3n) is 2.04. The maximum absolute atomic E-state index is 11.3. The Labute approximate surface area is 90.4 Å². The molecule has 13 heavy (non-hydrogen) atoms. The van der Waals surface area contributed by atoms with E-state index in [0.29, 0.717) is 5.78 Å². The van der Waals surface area contributed by atoms with E-state index in [1.54, 1.807) is 0 Å². The first-order chi connectivity index (χ1) is 6.31. The second kappa shape index (κ2) is 10.2. The van der Waals surface area contributed by atoms with Crippen LogP contribution in [0, 0.1) is 6.92 Å². The molecule has 0 amide bonds. The van der Waals surface area contributed by atoms with Gasteiger partial charge in [-0.3, -0.25) is 4.79 Å². The van der Waals surface area contributed by atoms with Crippen LogP contribution in [0.25, 0.3) is 0 Å². The lowest BCUT2D eigenvalue weighted by Gasteiger charge is -1.99. The van der Waals surface area contributed by atoms with E-state index in [-0.39, 0.29) is 0 Å². The lowest BCUT2D eigenvalue weighted by Crippen LogP contribution is -1.97. The Morgan fingerprint density at radius 2 is 1.62 bits per heavy atom. The van der Waals surface area contributed by atoms with E-state index in [1.165, 1.54) is 0 Å². The van der Waals surface area contributed by atoms with Crippen molar-refractivity contribution < 1.29 is 4.79 Å². The van der Waals surface area contributed by atoms with E-state index >= 15 is 0 Å². The van der Waals surface area contributed by atoms with E-state index in [4.69, 9.17) is 0 Å². The summed E-state index contributed by atoms with van der Waals surface area (Å²) in [6, 6.07) is 0. The van der Waals surface area contributed by atoms with Gasteiger partial charge in [-0.15, -0.1) is 0 Å². The van der Waals surface area contributed by atoms with Gasteiger partial charge in [0.25, 0.3) is 0 Å². The fourth-order valence-corrected chi connectivity index (χ4v) is 1.61. The van der Waals surface area contributed by atoms with Crippen molar-refractivity contribution in [2.45, 2.75) is 51.4 Å². The quantitative estimate of drug-likeness (QED) is 0.446. The van der Waals surface area contributed by atoms with Gasteiger partial charge in [0.2, 0.25) is 0 Å². The largest absolute Gasteiger partial charge is 0.300 e. The molecule has 0 aliphatic heterocycles. The molecule has 0 heterocycles. The zero-order valence-electron chi connectivity index (χ0n) is 8.36. The Bertz CT molecular complexity index is 123. The maximum Gasteiger partial charge on any atom is 0.132 e. The molecule has 0 atom stereocenters. The first kappa shape index (κ1) is 13.2. The molecule has 0 unspecified atom stereocenters. The van der Waals surface area contributed by atoms with Gasteiger partial charge in [-0.1, -0.05) is 42.1 Å². The Hall–Kier alpha value is 0.150. The van der Waals surface area contributed by atoms with Crippen LogP contribution < -0.4 is 0 Å². The molecule has 1 nitrogen and oxygen atoms in total. The number of carbonyl (C=O) groups excluding carboxylic acids is 1. The van der Waals surface area contributed by atoms with Gasteiger partial charge in [-0.05, 0) is 19.3 Å². The van der Waals surface area contributed by atoms with Crippen LogP contribution in [0.2, 0.25) is 0 Å². The summed E-state index contributed by atoms with van der Waals surface area (Å²) in [5, 5.41) is 1.02. The highest BCUT2D eigenvalue weighted by Crippen LogP contribution is 2.07. The molecular formula is C11H20BrO. The van der Waals surface area contributed by atoms with Crippen molar-refractivity contribution >= 4 is 21.7 Å². The van der Waals surface area contributed by atoms with Crippen LogP contribution in [0.15, 0.2) is 0 Å². The summed E-state index contributed by atoms with van der Waals surface area (Å²) in [6.07, 6.45) is 8.09. The second-order valence-corrected chi connectivity index (χ2v) is 4.14. The monoisotopic (exact) mass is 247 g/mol. The van der Waals surface area contributed by atoms with Gasteiger partial charge in [0.1, 0.15) is 5.78 Å². The van der Waals surface area contributed by atoms with Crippen LogP contribution in [0.4, 0.5) is 0 Å². The Morgan fingerprint density at radius 3 is 2.15 bits per heavy atom. The van der Waals surface area contributed by atoms with Crippen molar-refractivity contribution in [3.05, 3.63) is 6.92 Å². The molecule has 0 saturated heterocycles. The maximum atomic E-state index is 11.3. The molecule has 2 heteroatoms. The van der Waals surface area contributed by atoms with Crippen molar-refractivity contribution in [1.29, 1.82) is 0 Å². The molecular weight excluding hydrogens is 228 g/mol. The van der Waals surface area contributed by atoms with Crippen LogP contribution in [0.1, 0.15) is 51.4 Å².